The molecule has 0 aliphatic carbocycles. The maximum atomic E-state index is 11.5. The van der Waals surface area contributed by atoms with Gasteiger partial charge < -0.3 is 19.2 Å². The van der Waals surface area contributed by atoms with Gasteiger partial charge in [0.15, 0.2) is 0 Å². The zero-order valence-corrected chi connectivity index (χ0v) is 10.9. The van der Waals surface area contributed by atoms with Gasteiger partial charge in [-0.3, -0.25) is 0 Å². The number of rotatable bonds is 3. The normalized spacial score (nSPS) is 15.3. The van der Waals surface area contributed by atoms with Crippen LogP contribution in [0.25, 0.3) is 11.3 Å². The summed E-state index contributed by atoms with van der Waals surface area (Å²) >= 11 is 0. The lowest BCUT2D eigenvalue weighted by atomic mass is 10.0. The molecule has 1 aliphatic heterocycles. The Morgan fingerprint density at radius 3 is 2.60 bits per heavy atom. The number of para-hydroxylation sites is 1. The zero-order valence-electron chi connectivity index (χ0n) is 10.9. The van der Waals surface area contributed by atoms with Crippen LogP contribution in [0.15, 0.2) is 41.0 Å². The third-order valence-corrected chi connectivity index (χ3v) is 3.38. The van der Waals surface area contributed by atoms with Gasteiger partial charge in [-0.25, -0.2) is 4.79 Å². The highest BCUT2D eigenvalue weighted by atomic mass is 16.5. The van der Waals surface area contributed by atoms with E-state index in [-0.39, 0.29) is 0 Å². The Balaban J connectivity index is 2.14. The van der Waals surface area contributed by atoms with E-state index >= 15 is 0 Å². The van der Waals surface area contributed by atoms with Gasteiger partial charge in [-0.1, -0.05) is 6.07 Å². The van der Waals surface area contributed by atoms with Gasteiger partial charge in [-0.05, 0) is 24.3 Å². The van der Waals surface area contributed by atoms with Crippen LogP contribution in [-0.4, -0.2) is 37.4 Å². The van der Waals surface area contributed by atoms with Crippen molar-refractivity contribution in [2.45, 2.75) is 0 Å². The number of benzene rings is 1. The van der Waals surface area contributed by atoms with E-state index in [0.29, 0.717) is 43.3 Å². The molecule has 2 heterocycles. The van der Waals surface area contributed by atoms with Gasteiger partial charge in [0.2, 0.25) is 0 Å². The van der Waals surface area contributed by atoms with Crippen molar-refractivity contribution >= 4 is 11.7 Å². The average molecular weight is 273 g/mol. The summed E-state index contributed by atoms with van der Waals surface area (Å²) in [6.07, 6.45) is 1.59. The van der Waals surface area contributed by atoms with Gasteiger partial charge in [0.25, 0.3) is 0 Å². The molecule has 0 amide bonds. The summed E-state index contributed by atoms with van der Waals surface area (Å²) in [7, 11) is 0. The van der Waals surface area contributed by atoms with Crippen molar-refractivity contribution in [3.8, 4) is 11.3 Å². The first-order chi connectivity index (χ1) is 9.77. The molecule has 0 radical (unpaired) electrons. The van der Waals surface area contributed by atoms with Crippen LogP contribution in [0.1, 0.15) is 10.4 Å². The fourth-order valence-corrected chi connectivity index (χ4v) is 2.47. The first kappa shape index (κ1) is 12.7. The second-order valence-corrected chi connectivity index (χ2v) is 4.58. The number of hydrogen-bond acceptors (Lipinski definition) is 4. The third-order valence-electron chi connectivity index (χ3n) is 3.38. The Bertz CT molecular complexity index is 600. The Morgan fingerprint density at radius 2 is 1.95 bits per heavy atom. The summed E-state index contributed by atoms with van der Waals surface area (Å²) in [5.41, 5.74) is 1.80. The van der Waals surface area contributed by atoms with Crippen LogP contribution in [0.4, 0.5) is 5.69 Å². The fourth-order valence-electron chi connectivity index (χ4n) is 2.47. The van der Waals surface area contributed by atoms with Crippen LogP contribution in [-0.2, 0) is 4.74 Å². The minimum Gasteiger partial charge on any atom is -0.478 e. The van der Waals surface area contributed by atoms with Gasteiger partial charge in [0.1, 0.15) is 5.76 Å². The third kappa shape index (κ3) is 2.28. The standard InChI is InChI=1S/C15H15NO4/c17-15(18)12-4-1-3-11(13-5-2-8-20-13)14(12)16-6-9-19-10-7-16/h1-5,8H,6-7,9-10H2,(H,17,18). The number of anilines is 1. The predicted molar refractivity (Wildman–Crippen MR) is 74.1 cm³/mol. The van der Waals surface area contributed by atoms with Crippen molar-refractivity contribution in [1.82, 2.24) is 0 Å². The maximum absolute atomic E-state index is 11.5. The van der Waals surface area contributed by atoms with E-state index in [9.17, 15) is 9.90 Å². The van der Waals surface area contributed by atoms with E-state index in [1.54, 1.807) is 24.5 Å². The number of ether oxygens (including phenoxy) is 1. The summed E-state index contributed by atoms with van der Waals surface area (Å²) in [6.45, 7) is 2.56. The molecule has 1 aliphatic rings. The van der Waals surface area contributed by atoms with Crippen molar-refractivity contribution in [2.24, 2.45) is 0 Å². The van der Waals surface area contributed by atoms with Gasteiger partial charge in [0, 0.05) is 18.7 Å². The first-order valence-corrected chi connectivity index (χ1v) is 6.50. The predicted octanol–water partition coefficient (Wildman–Crippen LogP) is 2.48. The molecule has 1 aromatic heterocycles. The SMILES string of the molecule is O=C(O)c1cccc(-c2ccco2)c1N1CCOCC1. The van der Waals surface area contributed by atoms with Gasteiger partial charge >= 0.3 is 5.97 Å². The topological polar surface area (TPSA) is 62.9 Å². The first-order valence-electron chi connectivity index (χ1n) is 6.50. The van der Waals surface area contributed by atoms with Crippen molar-refractivity contribution in [3.05, 3.63) is 42.2 Å². The summed E-state index contributed by atoms with van der Waals surface area (Å²) < 4.78 is 10.8. The Hall–Kier alpha value is -2.27. The molecule has 0 atom stereocenters. The van der Waals surface area contributed by atoms with Crippen molar-refractivity contribution in [2.75, 3.05) is 31.2 Å². The van der Waals surface area contributed by atoms with E-state index in [2.05, 4.69) is 0 Å². The van der Waals surface area contributed by atoms with Crippen LogP contribution in [0.2, 0.25) is 0 Å². The summed E-state index contributed by atoms with van der Waals surface area (Å²) in [5, 5.41) is 9.43. The minimum atomic E-state index is -0.931. The molecule has 1 N–H and O–H groups in total. The lowest BCUT2D eigenvalue weighted by Gasteiger charge is -2.31. The highest BCUT2D eigenvalue weighted by molar-refractivity contribution is 5.99. The summed E-state index contributed by atoms with van der Waals surface area (Å²) in [4.78, 5) is 13.5. The van der Waals surface area contributed by atoms with Crippen LogP contribution in [0, 0.1) is 0 Å². The van der Waals surface area contributed by atoms with Crippen LogP contribution in [0.5, 0.6) is 0 Å². The zero-order chi connectivity index (χ0) is 13.9. The fraction of sp³-hybridized carbons (Fsp3) is 0.267. The minimum absolute atomic E-state index is 0.292. The molecule has 1 saturated heterocycles. The van der Waals surface area contributed by atoms with Crippen molar-refractivity contribution in [3.63, 3.8) is 0 Å². The Labute approximate surface area is 116 Å². The van der Waals surface area contributed by atoms with Crippen LogP contribution in [0.3, 0.4) is 0 Å². The molecule has 1 fully saturated rings. The Kier molecular flexibility index (Phi) is 3.43. The summed E-state index contributed by atoms with van der Waals surface area (Å²) in [5.74, 6) is -0.255. The molecular formula is C15H15NO4. The number of furan rings is 1. The molecule has 0 saturated carbocycles. The van der Waals surface area contributed by atoms with Crippen LogP contribution < -0.4 is 4.90 Å². The second-order valence-electron chi connectivity index (χ2n) is 4.58. The van der Waals surface area contributed by atoms with E-state index < -0.39 is 5.97 Å². The molecular weight excluding hydrogens is 258 g/mol. The van der Waals surface area contributed by atoms with Gasteiger partial charge in [-0.15, -0.1) is 0 Å². The number of hydrogen-bond donors (Lipinski definition) is 1. The maximum Gasteiger partial charge on any atom is 0.337 e. The molecule has 104 valence electrons. The number of aromatic carboxylic acids is 1. The Morgan fingerprint density at radius 1 is 1.15 bits per heavy atom. The lowest BCUT2D eigenvalue weighted by Crippen LogP contribution is -2.37. The highest BCUT2D eigenvalue weighted by Gasteiger charge is 2.23. The quantitative estimate of drug-likeness (QED) is 0.930. The molecule has 2 aromatic rings. The molecule has 5 nitrogen and oxygen atoms in total. The van der Waals surface area contributed by atoms with E-state index in [1.807, 2.05) is 17.0 Å². The average Bonchev–Trinajstić information content (AvgIpc) is 3.01. The molecule has 0 unspecified atom stereocenters. The highest BCUT2D eigenvalue weighted by Crippen LogP contribution is 2.34. The number of nitrogens with zero attached hydrogens (tertiary/aromatic N) is 1. The second kappa shape index (κ2) is 5.38. The van der Waals surface area contributed by atoms with Gasteiger partial charge in [-0.2, -0.15) is 0 Å². The smallest absolute Gasteiger partial charge is 0.337 e. The van der Waals surface area contributed by atoms with Crippen molar-refractivity contribution in [1.29, 1.82) is 0 Å². The monoisotopic (exact) mass is 273 g/mol. The van der Waals surface area contributed by atoms with Crippen LogP contribution >= 0.6 is 0 Å². The number of carbonyl (C=O) groups is 1. The van der Waals surface area contributed by atoms with Crippen molar-refractivity contribution < 1.29 is 19.1 Å². The van der Waals surface area contributed by atoms with E-state index in [0.717, 1.165) is 5.56 Å². The summed E-state index contributed by atoms with van der Waals surface area (Å²) in [6, 6.07) is 8.89. The molecule has 1 aromatic carbocycles. The molecule has 3 rings (SSSR count). The molecule has 0 spiro atoms. The molecule has 0 bridgehead atoms. The van der Waals surface area contributed by atoms with Gasteiger partial charge in [0.05, 0.1) is 30.7 Å². The lowest BCUT2D eigenvalue weighted by molar-refractivity contribution is 0.0696. The molecule has 20 heavy (non-hydrogen) atoms. The number of carboxylic acid groups (broad SMARTS) is 1. The number of carboxylic acids is 1. The van der Waals surface area contributed by atoms with E-state index in [4.69, 9.17) is 9.15 Å². The largest absolute Gasteiger partial charge is 0.478 e. The van der Waals surface area contributed by atoms with E-state index in [1.165, 1.54) is 0 Å². The molecule has 5 heteroatoms. The number of morpholine rings is 1.